The fourth-order valence-corrected chi connectivity index (χ4v) is 2.58. The predicted octanol–water partition coefficient (Wildman–Crippen LogP) is 0.787. The molecule has 1 aliphatic heterocycles. The summed E-state index contributed by atoms with van der Waals surface area (Å²) in [6.45, 7) is 2.38. The molecule has 0 saturated carbocycles. The van der Waals surface area contributed by atoms with Crippen LogP contribution in [0.4, 0.5) is 0 Å². The Bertz CT molecular complexity index is 423. The normalized spacial score (nSPS) is 19.1. The molecule has 0 atom stereocenters. The number of rotatable bonds is 0. The molecule has 0 amide bonds. The number of aryl methyl sites for hydroxylation is 1. The Morgan fingerprint density at radius 2 is 2.17 bits per heavy atom. The van der Waals surface area contributed by atoms with Gasteiger partial charge in [0.25, 0.3) is 0 Å². The lowest BCUT2D eigenvalue weighted by atomic mass is 10.1. The molecular formula is C8H9NO2S. The minimum Gasteiger partial charge on any atom is -0.207 e. The molecule has 0 spiro atoms. The lowest BCUT2D eigenvalue weighted by Gasteiger charge is -1.96. The van der Waals surface area contributed by atoms with E-state index in [-0.39, 0.29) is 0 Å². The van der Waals surface area contributed by atoms with Gasteiger partial charge in [0, 0.05) is 6.54 Å². The van der Waals surface area contributed by atoms with E-state index >= 15 is 0 Å². The number of hydrogen-bond acceptors (Lipinski definition) is 2. The third-order valence-electron chi connectivity index (χ3n) is 1.96. The molecule has 1 N–H and O–H groups in total. The highest BCUT2D eigenvalue weighted by Crippen LogP contribution is 2.22. The lowest BCUT2D eigenvalue weighted by Crippen LogP contribution is -2.13. The molecule has 0 bridgehead atoms. The zero-order valence-corrected chi connectivity index (χ0v) is 7.48. The van der Waals surface area contributed by atoms with Gasteiger partial charge in [0.05, 0.1) is 4.90 Å². The van der Waals surface area contributed by atoms with E-state index in [0.717, 1.165) is 11.1 Å². The summed E-state index contributed by atoms with van der Waals surface area (Å²) in [6, 6.07) is 5.36. The average Bonchev–Trinajstić information content (AvgIpc) is 2.27. The summed E-state index contributed by atoms with van der Waals surface area (Å²) in [5.41, 5.74) is 1.96. The molecule has 64 valence electrons. The molecule has 1 heterocycles. The number of fused-ring (bicyclic) bond motifs is 1. The molecule has 1 aromatic rings. The summed E-state index contributed by atoms with van der Waals surface area (Å²) in [6.07, 6.45) is 0. The van der Waals surface area contributed by atoms with E-state index in [4.69, 9.17) is 0 Å². The van der Waals surface area contributed by atoms with Crippen molar-refractivity contribution < 1.29 is 8.42 Å². The van der Waals surface area contributed by atoms with Crippen molar-refractivity contribution in [3.05, 3.63) is 29.3 Å². The van der Waals surface area contributed by atoms with Gasteiger partial charge in [0.2, 0.25) is 10.0 Å². The van der Waals surface area contributed by atoms with Crippen LogP contribution < -0.4 is 4.72 Å². The summed E-state index contributed by atoms with van der Waals surface area (Å²) in [7, 11) is -3.17. The fourth-order valence-electron chi connectivity index (χ4n) is 1.36. The van der Waals surface area contributed by atoms with Crippen LogP contribution in [0.5, 0.6) is 0 Å². The van der Waals surface area contributed by atoms with Gasteiger partial charge in [-0.2, -0.15) is 0 Å². The quantitative estimate of drug-likeness (QED) is 0.646. The second kappa shape index (κ2) is 2.31. The van der Waals surface area contributed by atoms with Gasteiger partial charge < -0.3 is 0 Å². The molecule has 0 fully saturated rings. The van der Waals surface area contributed by atoms with Crippen molar-refractivity contribution >= 4 is 10.0 Å². The SMILES string of the molecule is Cc1ccc2c(c1)CNS2(=O)=O. The maximum Gasteiger partial charge on any atom is 0.241 e. The first-order chi connectivity index (χ1) is 5.59. The third kappa shape index (κ3) is 1.04. The van der Waals surface area contributed by atoms with Gasteiger partial charge in [0.1, 0.15) is 0 Å². The molecule has 3 nitrogen and oxygen atoms in total. The first-order valence-electron chi connectivity index (χ1n) is 3.69. The molecule has 0 aromatic heterocycles. The van der Waals surface area contributed by atoms with Crippen molar-refractivity contribution in [2.75, 3.05) is 0 Å². The van der Waals surface area contributed by atoms with Gasteiger partial charge in [-0.05, 0) is 18.6 Å². The van der Waals surface area contributed by atoms with Crippen molar-refractivity contribution in [1.29, 1.82) is 0 Å². The van der Waals surface area contributed by atoms with Crippen LogP contribution in [0.25, 0.3) is 0 Å². The Morgan fingerprint density at radius 3 is 2.92 bits per heavy atom. The minimum absolute atomic E-state index is 0.424. The second-order valence-electron chi connectivity index (χ2n) is 2.94. The smallest absolute Gasteiger partial charge is 0.207 e. The molecule has 0 saturated heterocycles. The van der Waals surface area contributed by atoms with Crippen molar-refractivity contribution in [2.24, 2.45) is 0 Å². The standard InChI is InChI=1S/C8H9NO2S/c1-6-2-3-8-7(4-6)5-9-12(8,10)11/h2-4,9H,5H2,1H3. The van der Waals surface area contributed by atoms with Gasteiger partial charge in [-0.1, -0.05) is 17.7 Å². The number of nitrogens with one attached hydrogen (secondary N) is 1. The van der Waals surface area contributed by atoms with Gasteiger partial charge in [0.15, 0.2) is 0 Å². The molecule has 12 heavy (non-hydrogen) atoms. The van der Waals surface area contributed by atoms with Crippen LogP contribution in [0.3, 0.4) is 0 Å². The maximum absolute atomic E-state index is 11.3. The summed E-state index contributed by atoms with van der Waals surface area (Å²) < 4.78 is 25.0. The van der Waals surface area contributed by atoms with Crippen molar-refractivity contribution in [3.63, 3.8) is 0 Å². The summed E-state index contributed by atoms with van der Waals surface area (Å²) in [4.78, 5) is 0.424. The van der Waals surface area contributed by atoms with Gasteiger partial charge in [-0.15, -0.1) is 0 Å². The Hall–Kier alpha value is -0.870. The molecular weight excluding hydrogens is 174 g/mol. The Balaban J connectivity index is 2.71. The molecule has 0 radical (unpaired) electrons. The lowest BCUT2D eigenvalue weighted by molar-refractivity contribution is 0.589. The molecule has 1 aromatic carbocycles. The minimum atomic E-state index is -3.17. The van der Waals surface area contributed by atoms with Crippen molar-refractivity contribution in [3.8, 4) is 0 Å². The monoisotopic (exact) mass is 183 g/mol. The summed E-state index contributed by atoms with van der Waals surface area (Å²) in [5.74, 6) is 0. The van der Waals surface area contributed by atoms with Crippen LogP contribution in [0.2, 0.25) is 0 Å². The number of benzene rings is 1. The fraction of sp³-hybridized carbons (Fsp3) is 0.250. The van der Waals surface area contributed by atoms with Crippen LogP contribution >= 0.6 is 0 Å². The Labute approximate surface area is 71.5 Å². The largest absolute Gasteiger partial charge is 0.241 e. The molecule has 0 unspecified atom stereocenters. The highest BCUT2D eigenvalue weighted by atomic mass is 32.2. The van der Waals surface area contributed by atoms with E-state index in [0.29, 0.717) is 11.4 Å². The topological polar surface area (TPSA) is 46.2 Å². The second-order valence-corrected chi connectivity index (χ2v) is 4.67. The Kier molecular flexibility index (Phi) is 1.49. The molecule has 4 heteroatoms. The zero-order chi connectivity index (χ0) is 8.77. The van der Waals surface area contributed by atoms with Gasteiger partial charge >= 0.3 is 0 Å². The number of hydrogen-bond donors (Lipinski definition) is 1. The highest BCUT2D eigenvalue weighted by molar-refractivity contribution is 7.89. The first-order valence-corrected chi connectivity index (χ1v) is 5.17. The van der Waals surface area contributed by atoms with Crippen LogP contribution in [-0.2, 0) is 16.6 Å². The van der Waals surface area contributed by atoms with E-state index in [1.54, 1.807) is 6.07 Å². The Morgan fingerprint density at radius 1 is 1.42 bits per heavy atom. The van der Waals surface area contributed by atoms with Crippen molar-refractivity contribution in [2.45, 2.75) is 18.4 Å². The van der Waals surface area contributed by atoms with Crippen LogP contribution in [0.1, 0.15) is 11.1 Å². The van der Waals surface area contributed by atoms with E-state index in [9.17, 15) is 8.42 Å². The summed E-state index contributed by atoms with van der Waals surface area (Å²) >= 11 is 0. The first kappa shape index (κ1) is 7.76. The van der Waals surface area contributed by atoms with E-state index in [2.05, 4.69) is 4.72 Å². The molecule has 1 aliphatic rings. The van der Waals surface area contributed by atoms with Gasteiger partial charge in [-0.3, -0.25) is 0 Å². The summed E-state index contributed by atoms with van der Waals surface area (Å²) in [5, 5.41) is 0. The average molecular weight is 183 g/mol. The zero-order valence-electron chi connectivity index (χ0n) is 6.66. The van der Waals surface area contributed by atoms with Crippen LogP contribution in [-0.4, -0.2) is 8.42 Å². The van der Waals surface area contributed by atoms with Crippen LogP contribution in [0.15, 0.2) is 23.1 Å². The maximum atomic E-state index is 11.3. The van der Waals surface area contributed by atoms with E-state index in [1.807, 2.05) is 19.1 Å². The predicted molar refractivity (Wildman–Crippen MR) is 45.2 cm³/mol. The number of sulfonamides is 1. The molecule has 2 rings (SSSR count). The highest BCUT2D eigenvalue weighted by Gasteiger charge is 2.24. The van der Waals surface area contributed by atoms with Crippen LogP contribution in [0, 0.1) is 6.92 Å². The van der Waals surface area contributed by atoms with Crippen molar-refractivity contribution in [1.82, 2.24) is 4.72 Å². The third-order valence-corrected chi connectivity index (χ3v) is 3.46. The van der Waals surface area contributed by atoms with E-state index in [1.165, 1.54) is 0 Å². The van der Waals surface area contributed by atoms with Gasteiger partial charge in [-0.25, -0.2) is 13.1 Å². The molecule has 0 aliphatic carbocycles. The van der Waals surface area contributed by atoms with E-state index < -0.39 is 10.0 Å².